The zero-order valence-corrected chi connectivity index (χ0v) is 9.43. The van der Waals surface area contributed by atoms with Crippen LogP contribution in [0.2, 0.25) is 0 Å². The Morgan fingerprint density at radius 3 is 2.61 bits per heavy atom. The van der Waals surface area contributed by atoms with Gasteiger partial charge < -0.3 is 0 Å². The Morgan fingerprint density at radius 2 is 2.06 bits per heavy atom. The average Bonchev–Trinajstić information content (AvgIpc) is 2.64. The van der Waals surface area contributed by atoms with E-state index in [1.165, 1.54) is 17.9 Å². The van der Waals surface area contributed by atoms with E-state index in [4.69, 9.17) is 0 Å². The van der Waals surface area contributed by atoms with Gasteiger partial charge >= 0.3 is 5.69 Å². The SMILES string of the molecule is Cn1cnn(CC(=O)c2ccc(F)c(F)c2)c1=O. The molecule has 94 valence electrons. The van der Waals surface area contributed by atoms with Crippen molar-refractivity contribution >= 4 is 5.78 Å². The summed E-state index contributed by atoms with van der Waals surface area (Å²) in [6.45, 7) is -0.315. The Balaban J connectivity index is 2.25. The molecule has 0 aliphatic rings. The molecule has 5 nitrogen and oxygen atoms in total. The van der Waals surface area contributed by atoms with Crippen LogP contribution >= 0.6 is 0 Å². The van der Waals surface area contributed by atoms with E-state index in [-0.39, 0.29) is 12.1 Å². The summed E-state index contributed by atoms with van der Waals surface area (Å²) in [7, 11) is 1.49. The summed E-state index contributed by atoms with van der Waals surface area (Å²) >= 11 is 0. The van der Waals surface area contributed by atoms with E-state index in [1.807, 2.05) is 0 Å². The number of hydrogen-bond donors (Lipinski definition) is 0. The van der Waals surface area contributed by atoms with Crippen molar-refractivity contribution in [1.82, 2.24) is 14.3 Å². The topological polar surface area (TPSA) is 56.9 Å². The Labute approximate surface area is 100 Å². The molecule has 0 saturated carbocycles. The third-order valence-electron chi connectivity index (χ3n) is 2.42. The van der Waals surface area contributed by atoms with Gasteiger partial charge in [-0.15, -0.1) is 0 Å². The molecule has 0 saturated heterocycles. The smallest absolute Gasteiger partial charge is 0.292 e. The van der Waals surface area contributed by atoms with Gasteiger partial charge in [0.1, 0.15) is 12.9 Å². The van der Waals surface area contributed by atoms with Crippen LogP contribution in [0.25, 0.3) is 0 Å². The first-order valence-electron chi connectivity index (χ1n) is 5.05. The van der Waals surface area contributed by atoms with E-state index in [9.17, 15) is 18.4 Å². The quantitative estimate of drug-likeness (QED) is 0.758. The van der Waals surface area contributed by atoms with Gasteiger partial charge in [0.05, 0.1) is 0 Å². The van der Waals surface area contributed by atoms with Crippen molar-refractivity contribution in [3.8, 4) is 0 Å². The number of nitrogens with zero attached hydrogens (tertiary/aromatic N) is 3. The lowest BCUT2D eigenvalue weighted by atomic mass is 10.1. The molecule has 0 unspecified atom stereocenters. The maximum Gasteiger partial charge on any atom is 0.345 e. The van der Waals surface area contributed by atoms with E-state index >= 15 is 0 Å². The summed E-state index contributed by atoms with van der Waals surface area (Å²) < 4.78 is 27.8. The lowest BCUT2D eigenvalue weighted by Gasteiger charge is -2.01. The van der Waals surface area contributed by atoms with Gasteiger partial charge in [-0.1, -0.05) is 0 Å². The van der Waals surface area contributed by atoms with Crippen molar-refractivity contribution in [2.75, 3.05) is 0 Å². The van der Waals surface area contributed by atoms with Crippen molar-refractivity contribution < 1.29 is 13.6 Å². The van der Waals surface area contributed by atoms with Crippen LogP contribution in [-0.2, 0) is 13.6 Å². The molecule has 0 aliphatic carbocycles. The molecule has 0 aliphatic heterocycles. The lowest BCUT2D eigenvalue weighted by molar-refractivity contribution is 0.0965. The molecule has 1 heterocycles. The molecule has 0 N–H and O–H groups in total. The van der Waals surface area contributed by atoms with Crippen LogP contribution in [0.5, 0.6) is 0 Å². The Bertz CT molecular complexity index is 661. The number of hydrogen-bond acceptors (Lipinski definition) is 3. The minimum atomic E-state index is -1.10. The van der Waals surface area contributed by atoms with Gasteiger partial charge in [0.15, 0.2) is 17.4 Å². The molecule has 0 atom stereocenters. The number of aromatic nitrogens is 3. The van der Waals surface area contributed by atoms with Gasteiger partial charge in [0, 0.05) is 12.6 Å². The summed E-state index contributed by atoms with van der Waals surface area (Å²) in [5.41, 5.74) is -0.461. The van der Waals surface area contributed by atoms with Gasteiger partial charge in [-0.2, -0.15) is 5.10 Å². The van der Waals surface area contributed by atoms with E-state index in [2.05, 4.69) is 5.10 Å². The standard InChI is InChI=1S/C11H9F2N3O2/c1-15-6-14-16(11(15)18)5-10(17)7-2-3-8(12)9(13)4-7/h2-4,6H,5H2,1H3. The number of Topliss-reactive ketones (excluding diaryl/α,β-unsaturated/α-hetero) is 1. The zero-order chi connectivity index (χ0) is 13.3. The summed E-state index contributed by atoms with van der Waals surface area (Å²) in [6, 6.07) is 2.82. The fourth-order valence-electron chi connectivity index (χ4n) is 1.43. The fourth-order valence-corrected chi connectivity index (χ4v) is 1.43. The summed E-state index contributed by atoms with van der Waals surface area (Å²) in [5, 5.41) is 3.70. The van der Waals surface area contributed by atoms with Crippen LogP contribution < -0.4 is 5.69 Å². The van der Waals surface area contributed by atoms with Gasteiger partial charge in [-0.25, -0.2) is 18.3 Å². The second kappa shape index (κ2) is 4.52. The highest BCUT2D eigenvalue weighted by Gasteiger charge is 2.12. The van der Waals surface area contributed by atoms with Crippen LogP contribution in [0, 0.1) is 11.6 Å². The predicted molar refractivity (Wildman–Crippen MR) is 58.2 cm³/mol. The first-order chi connectivity index (χ1) is 8.49. The monoisotopic (exact) mass is 253 g/mol. The molecule has 0 radical (unpaired) electrons. The van der Waals surface area contributed by atoms with Gasteiger partial charge in [0.25, 0.3) is 0 Å². The van der Waals surface area contributed by atoms with E-state index < -0.39 is 23.1 Å². The molecule has 0 fully saturated rings. The summed E-state index contributed by atoms with van der Waals surface area (Å²) in [4.78, 5) is 23.2. The predicted octanol–water partition coefficient (Wildman–Crippen LogP) is 0.743. The molecule has 0 amide bonds. The Morgan fingerprint density at radius 1 is 1.33 bits per heavy atom. The molecule has 0 spiro atoms. The minimum Gasteiger partial charge on any atom is -0.292 e. The van der Waals surface area contributed by atoms with E-state index in [0.717, 1.165) is 22.9 Å². The highest BCUT2D eigenvalue weighted by Crippen LogP contribution is 2.09. The molecule has 18 heavy (non-hydrogen) atoms. The molecule has 2 rings (SSSR count). The third-order valence-corrected chi connectivity index (χ3v) is 2.42. The van der Waals surface area contributed by atoms with Crippen LogP contribution in [0.4, 0.5) is 8.78 Å². The van der Waals surface area contributed by atoms with Crippen molar-refractivity contribution in [3.05, 3.63) is 52.2 Å². The van der Waals surface area contributed by atoms with Crippen molar-refractivity contribution in [3.63, 3.8) is 0 Å². The molecular weight excluding hydrogens is 244 g/mol. The highest BCUT2D eigenvalue weighted by molar-refractivity contribution is 5.95. The average molecular weight is 253 g/mol. The normalized spacial score (nSPS) is 10.6. The van der Waals surface area contributed by atoms with Crippen molar-refractivity contribution in [1.29, 1.82) is 0 Å². The molecule has 0 bridgehead atoms. The number of aryl methyl sites for hydroxylation is 1. The molecule has 7 heteroatoms. The second-order valence-electron chi connectivity index (χ2n) is 3.73. The van der Waals surface area contributed by atoms with Crippen molar-refractivity contribution in [2.24, 2.45) is 7.05 Å². The summed E-state index contributed by atoms with van der Waals surface area (Å²) in [5.74, 6) is -2.65. The van der Waals surface area contributed by atoms with Gasteiger partial charge in [0.2, 0.25) is 0 Å². The van der Waals surface area contributed by atoms with E-state index in [0.29, 0.717) is 0 Å². The number of benzene rings is 1. The number of ketones is 1. The van der Waals surface area contributed by atoms with Crippen molar-refractivity contribution in [2.45, 2.75) is 6.54 Å². The van der Waals surface area contributed by atoms with Crippen LogP contribution in [0.1, 0.15) is 10.4 Å². The van der Waals surface area contributed by atoms with Gasteiger partial charge in [-0.05, 0) is 18.2 Å². The first kappa shape index (κ1) is 12.2. The molecule has 2 aromatic rings. The van der Waals surface area contributed by atoms with Crippen LogP contribution in [0.3, 0.4) is 0 Å². The maximum absolute atomic E-state index is 12.9. The molecular formula is C11H9F2N3O2. The lowest BCUT2D eigenvalue weighted by Crippen LogP contribution is -2.26. The van der Waals surface area contributed by atoms with E-state index in [1.54, 1.807) is 0 Å². The Kier molecular flexibility index (Phi) is 3.05. The number of carbonyl (C=O) groups is 1. The summed E-state index contributed by atoms with van der Waals surface area (Å²) in [6.07, 6.45) is 1.26. The maximum atomic E-state index is 12.9. The van der Waals surface area contributed by atoms with Gasteiger partial charge in [-0.3, -0.25) is 9.36 Å². The minimum absolute atomic E-state index is 0.00791. The first-order valence-corrected chi connectivity index (χ1v) is 5.05. The van der Waals surface area contributed by atoms with Crippen LogP contribution in [0.15, 0.2) is 29.3 Å². The second-order valence-corrected chi connectivity index (χ2v) is 3.73. The van der Waals surface area contributed by atoms with Crippen LogP contribution in [-0.4, -0.2) is 20.1 Å². The third kappa shape index (κ3) is 2.20. The molecule has 1 aromatic carbocycles. The zero-order valence-electron chi connectivity index (χ0n) is 9.43. The number of rotatable bonds is 3. The molecule has 1 aromatic heterocycles. The largest absolute Gasteiger partial charge is 0.345 e. The highest BCUT2D eigenvalue weighted by atomic mass is 19.2. The Hall–Kier alpha value is -2.31. The number of carbonyl (C=O) groups excluding carboxylic acids is 1. The number of halogens is 2. The fraction of sp³-hybridized carbons (Fsp3) is 0.182.